The zero-order valence-corrected chi connectivity index (χ0v) is 20.8. The molecule has 0 saturated carbocycles. The van der Waals surface area contributed by atoms with E-state index in [1.165, 1.54) is 30.4 Å². The van der Waals surface area contributed by atoms with Gasteiger partial charge in [0.2, 0.25) is 0 Å². The van der Waals surface area contributed by atoms with Crippen LogP contribution in [-0.2, 0) is 17.6 Å². The van der Waals surface area contributed by atoms with Crippen molar-refractivity contribution in [3.05, 3.63) is 107 Å². The Morgan fingerprint density at radius 3 is 1.97 bits per heavy atom. The first-order valence-electron chi connectivity index (χ1n) is 12.9. The lowest BCUT2D eigenvalue weighted by Crippen LogP contribution is -2.82. The zero-order chi connectivity index (χ0) is 24.3. The lowest BCUT2D eigenvalue weighted by Gasteiger charge is -2.60. The van der Waals surface area contributed by atoms with Crippen LogP contribution in [0.25, 0.3) is 0 Å². The molecule has 3 atom stereocenters. The van der Waals surface area contributed by atoms with Crippen LogP contribution in [0.4, 0.5) is 0 Å². The summed E-state index contributed by atoms with van der Waals surface area (Å²) in [5, 5.41) is 4.83. The number of aryl methyl sites for hydroxylation is 1. The van der Waals surface area contributed by atoms with E-state index in [0.29, 0.717) is 19.4 Å². The Hall–Kier alpha value is -2.54. The number of piperidine rings is 1. The van der Waals surface area contributed by atoms with Crippen LogP contribution in [0.5, 0.6) is 0 Å². The van der Waals surface area contributed by atoms with Gasteiger partial charge in [-0.2, -0.15) is 0 Å². The summed E-state index contributed by atoms with van der Waals surface area (Å²) in [7, 11) is 0. The van der Waals surface area contributed by atoms with Crippen LogP contribution in [0.15, 0.2) is 84.9 Å². The van der Waals surface area contributed by atoms with E-state index in [-0.39, 0.29) is 6.10 Å². The third-order valence-electron chi connectivity index (χ3n) is 7.72. The van der Waals surface area contributed by atoms with Gasteiger partial charge in [0.25, 0.3) is 0 Å². The standard InChI is InChI=1S/C30H38N4O/c1-24-13-9-10-18-27(24)28-23-34(33-19-11-4-12-20-33)29(31,21-25-14-5-2-6-15-25)30(32,35-28)22-26-16-7-3-8-17-26/h2-3,5-10,13-18,28H,4,11-12,19-23,31-32H2,1H3. The summed E-state index contributed by atoms with van der Waals surface area (Å²) >= 11 is 0. The molecule has 3 aromatic rings. The summed E-state index contributed by atoms with van der Waals surface area (Å²) in [6.07, 6.45) is 4.57. The summed E-state index contributed by atoms with van der Waals surface area (Å²) < 4.78 is 6.94. The van der Waals surface area contributed by atoms with Gasteiger partial charge in [-0.3, -0.25) is 0 Å². The molecular formula is C30H38N4O. The van der Waals surface area contributed by atoms with E-state index in [0.717, 1.165) is 24.2 Å². The Morgan fingerprint density at radius 1 is 0.771 bits per heavy atom. The van der Waals surface area contributed by atoms with Gasteiger partial charge in [0.05, 0.1) is 6.10 Å². The van der Waals surface area contributed by atoms with Crippen molar-refractivity contribution in [1.82, 2.24) is 10.0 Å². The van der Waals surface area contributed by atoms with Gasteiger partial charge in [0, 0.05) is 32.5 Å². The van der Waals surface area contributed by atoms with Gasteiger partial charge in [-0.05, 0) is 42.0 Å². The molecule has 2 saturated heterocycles. The molecule has 0 aliphatic carbocycles. The van der Waals surface area contributed by atoms with E-state index in [2.05, 4.69) is 89.7 Å². The topological polar surface area (TPSA) is 67.8 Å². The van der Waals surface area contributed by atoms with Crippen LogP contribution in [0, 0.1) is 6.92 Å². The van der Waals surface area contributed by atoms with E-state index < -0.39 is 11.4 Å². The molecule has 35 heavy (non-hydrogen) atoms. The Kier molecular flexibility index (Phi) is 7.05. The fourth-order valence-electron chi connectivity index (χ4n) is 5.77. The Labute approximate surface area is 209 Å². The number of benzene rings is 3. The number of hydrazine groups is 1. The smallest absolute Gasteiger partial charge is 0.154 e. The highest BCUT2D eigenvalue weighted by molar-refractivity contribution is 5.31. The summed E-state index contributed by atoms with van der Waals surface area (Å²) in [4.78, 5) is 0. The molecule has 0 amide bonds. The molecule has 2 heterocycles. The maximum atomic E-state index is 7.51. The third-order valence-corrected chi connectivity index (χ3v) is 7.72. The van der Waals surface area contributed by atoms with Crippen LogP contribution < -0.4 is 11.5 Å². The Morgan fingerprint density at radius 2 is 1.34 bits per heavy atom. The predicted octanol–water partition coefficient (Wildman–Crippen LogP) is 4.56. The van der Waals surface area contributed by atoms with Crippen LogP contribution in [0.2, 0.25) is 0 Å². The van der Waals surface area contributed by atoms with E-state index in [1.807, 2.05) is 12.1 Å². The van der Waals surface area contributed by atoms with E-state index >= 15 is 0 Å². The van der Waals surface area contributed by atoms with E-state index in [4.69, 9.17) is 16.2 Å². The molecule has 3 unspecified atom stereocenters. The molecule has 0 aromatic heterocycles. The van der Waals surface area contributed by atoms with Crippen molar-refractivity contribution < 1.29 is 4.74 Å². The first-order valence-corrected chi connectivity index (χ1v) is 12.9. The van der Waals surface area contributed by atoms with Gasteiger partial charge < -0.3 is 16.2 Å². The van der Waals surface area contributed by atoms with Crippen LogP contribution in [0.1, 0.15) is 47.6 Å². The average molecular weight is 471 g/mol. The molecular weight excluding hydrogens is 432 g/mol. The lowest BCUT2D eigenvalue weighted by molar-refractivity contribution is -0.286. The minimum Gasteiger partial charge on any atom is -0.348 e. The van der Waals surface area contributed by atoms with Gasteiger partial charge in [0.15, 0.2) is 5.72 Å². The monoisotopic (exact) mass is 470 g/mol. The fraction of sp³-hybridized carbons (Fsp3) is 0.400. The second kappa shape index (κ2) is 10.2. The number of morpholine rings is 1. The highest BCUT2D eigenvalue weighted by Gasteiger charge is 2.58. The number of nitrogens with zero attached hydrogens (tertiary/aromatic N) is 2. The van der Waals surface area contributed by atoms with Gasteiger partial charge in [-0.1, -0.05) is 91.3 Å². The number of hydrogen-bond acceptors (Lipinski definition) is 5. The molecule has 0 spiro atoms. The van der Waals surface area contributed by atoms with Crippen LogP contribution in [-0.4, -0.2) is 41.0 Å². The third kappa shape index (κ3) is 4.92. The normalized spacial score (nSPS) is 28.1. The molecule has 4 N–H and O–H groups in total. The second-order valence-electron chi connectivity index (χ2n) is 10.2. The molecule has 2 fully saturated rings. The maximum Gasteiger partial charge on any atom is 0.154 e. The van der Waals surface area contributed by atoms with Gasteiger partial charge >= 0.3 is 0 Å². The Bertz CT molecular complexity index is 1100. The maximum absolute atomic E-state index is 7.51. The zero-order valence-electron chi connectivity index (χ0n) is 20.8. The largest absolute Gasteiger partial charge is 0.348 e. The summed E-state index contributed by atoms with van der Waals surface area (Å²) in [6.45, 7) is 4.82. The summed E-state index contributed by atoms with van der Waals surface area (Å²) in [5.41, 5.74) is 17.5. The average Bonchev–Trinajstić information content (AvgIpc) is 2.88. The minimum atomic E-state index is -1.10. The highest BCUT2D eigenvalue weighted by atomic mass is 16.5. The lowest BCUT2D eigenvalue weighted by atomic mass is 9.82. The molecule has 2 aliphatic rings. The first kappa shape index (κ1) is 24.2. The van der Waals surface area contributed by atoms with E-state index in [9.17, 15) is 0 Å². The summed E-state index contributed by atoms with van der Waals surface area (Å²) in [5.74, 6) is 0. The fourth-order valence-corrected chi connectivity index (χ4v) is 5.77. The minimum absolute atomic E-state index is 0.167. The van der Waals surface area contributed by atoms with E-state index in [1.54, 1.807) is 0 Å². The molecule has 5 heteroatoms. The first-order chi connectivity index (χ1) is 17.0. The van der Waals surface area contributed by atoms with Crippen molar-refractivity contribution >= 4 is 0 Å². The molecule has 2 aliphatic heterocycles. The predicted molar refractivity (Wildman–Crippen MR) is 141 cm³/mol. The number of nitrogens with two attached hydrogens (primary N) is 2. The van der Waals surface area contributed by atoms with Gasteiger partial charge in [-0.15, -0.1) is 0 Å². The highest BCUT2D eigenvalue weighted by Crippen LogP contribution is 2.42. The number of ether oxygens (including phenoxy) is 1. The Balaban J connectivity index is 1.61. The van der Waals surface area contributed by atoms with Gasteiger partial charge in [0.1, 0.15) is 5.66 Å². The molecule has 5 rings (SSSR count). The van der Waals surface area contributed by atoms with Crippen molar-refractivity contribution in [1.29, 1.82) is 0 Å². The van der Waals surface area contributed by atoms with Crippen LogP contribution in [0.3, 0.4) is 0 Å². The SMILES string of the molecule is Cc1ccccc1C1CN(N2CCCCC2)C(N)(Cc2ccccc2)C(N)(Cc2ccccc2)O1. The quantitative estimate of drug-likeness (QED) is 0.553. The molecule has 3 aromatic carbocycles. The van der Waals surface area contributed by atoms with Crippen molar-refractivity contribution in [2.75, 3.05) is 19.6 Å². The van der Waals surface area contributed by atoms with Crippen molar-refractivity contribution in [3.8, 4) is 0 Å². The summed E-state index contributed by atoms with van der Waals surface area (Å²) in [6, 6.07) is 29.3. The second-order valence-corrected chi connectivity index (χ2v) is 10.2. The number of rotatable bonds is 6. The molecule has 0 radical (unpaired) electrons. The van der Waals surface area contributed by atoms with Gasteiger partial charge in [-0.25, -0.2) is 10.0 Å². The molecule has 184 valence electrons. The molecule has 5 nitrogen and oxygen atoms in total. The van der Waals surface area contributed by atoms with Crippen molar-refractivity contribution in [3.63, 3.8) is 0 Å². The van der Waals surface area contributed by atoms with Crippen molar-refractivity contribution in [2.45, 2.75) is 56.5 Å². The van der Waals surface area contributed by atoms with Crippen molar-refractivity contribution in [2.24, 2.45) is 11.5 Å². The van der Waals surface area contributed by atoms with Crippen LogP contribution >= 0.6 is 0 Å². The molecule has 0 bridgehead atoms. The number of hydrogen-bond donors (Lipinski definition) is 2.